The van der Waals surface area contributed by atoms with Crippen molar-refractivity contribution in [3.05, 3.63) is 41.2 Å². The Kier molecular flexibility index (Phi) is 3.05. The Labute approximate surface area is 105 Å². The third-order valence-electron chi connectivity index (χ3n) is 2.44. The highest BCUT2D eigenvalue weighted by molar-refractivity contribution is 5.36. The summed E-state index contributed by atoms with van der Waals surface area (Å²) >= 11 is 0. The molecule has 0 amide bonds. The van der Waals surface area contributed by atoms with Crippen molar-refractivity contribution in [1.29, 1.82) is 0 Å². The molecule has 0 radical (unpaired) electrons. The van der Waals surface area contributed by atoms with Gasteiger partial charge in [-0.2, -0.15) is 0 Å². The van der Waals surface area contributed by atoms with Gasteiger partial charge in [0.15, 0.2) is 23.3 Å². The molecular weight excluding hydrogens is 266 g/mol. The van der Waals surface area contributed by atoms with Crippen LogP contribution >= 0.6 is 0 Å². The minimum atomic E-state index is -1.59. The molecule has 0 atom stereocenters. The number of aliphatic hydroxyl groups is 1. The second-order valence-corrected chi connectivity index (χ2v) is 4.42. The number of benzene rings is 1. The van der Waals surface area contributed by atoms with Crippen LogP contribution in [0.4, 0.5) is 17.6 Å². The molecule has 1 heterocycles. The van der Waals surface area contributed by atoms with Gasteiger partial charge in [-0.15, -0.1) is 5.10 Å². The number of nitrogens with zero attached hydrogens (tertiary/aromatic N) is 3. The zero-order chi connectivity index (χ0) is 14.4. The van der Waals surface area contributed by atoms with Crippen molar-refractivity contribution in [2.45, 2.75) is 19.4 Å². The van der Waals surface area contributed by atoms with Gasteiger partial charge in [0.25, 0.3) is 0 Å². The molecule has 4 nitrogen and oxygen atoms in total. The van der Waals surface area contributed by atoms with E-state index in [4.69, 9.17) is 0 Å². The maximum absolute atomic E-state index is 13.5. The minimum absolute atomic E-state index is 0.00373. The maximum atomic E-state index is 13.5. The minimum Gasteiger partial charge on any atom is -0.384 e. The smallest absolute Gasteiger partial charge is 0.187 e. The summed E-state index contributed by atoms with van der Waals surface area (Å²) in [6.07, 6.45) is 0.986. The van der Waals surface area contributed by atoms with E-state index in [1.54, 1.807) is 0 Å². The third-order valence-corrected chi connectivity index (χ3v) is 2.44. The number of halogens is 4. The molecule has 0 aliphatic rings. The summed E-state index contributed by atoms with van der Waals surface area (Å²) in [7, 11) is 0. The highest BCUT2D eigenvalue weighted by Gasteiger charge is 2.25. The van der Waals surface area contributed by atoms with E-state index in [-0.39, 0.29) is 11.8 Å². The van der Waals surface area contributed by atoms with Crippen LogP contribution in [0.15, 0.2) is 12.3 Å². The van der Waals surface area contributed by atoms with E-state index in [2.05, 4.69) is 10.3 Å². The lowest BCUT2D eigenvalue weighted by atomic mass is 10.1. The first-order valence-electron chi connectivity index (χ1n) is 5.20. The molecule has 8 heteroatoms. The SMILES string of the molecule is CC(C)(O)c1cn(-c2c(F)c(F)cc(F)c2F)nn1. The van der Waals surface area contributed by atoms with Crippen molar-refractivity contribution in [3.8, 4) is 5.69 Å². The van der Waals surface area contributed by atoms with Crippen LogP contribution in [-0.2, 0) is 5.60 Å². The van der Waals surface area contributed by atoms with E-state index in [0.717, 1.165) is 6.20 Å². The van der Waals surface area contributed by atoms with Crippen molar-refractivity contribution in [2.75, 3.05) is 0 Å². The number of rotatable bonds is 2. The lowest BCUT2D eigenvalue weighted by Gasteiger charge is -2.12. The van der Waals surface area contributed by atoms with Crippen LogP contribution in [-0.4, -0.2) is 20.1 Å². The van der Waals surface area contributed by atoms with Crippen LogP contribution in [0.3, 0.4) is 0 Å². The lowest BCUT2D eigenvalue weighted by molar-refractivity contribution is 0.0737. The Morgan fingerprint density at radius 1 is 1.11 bits per heavy atom. The Morgan fingerprint density at radius 3 is 2.05 bits per heavy atom. The molecular formula is C11H9F4N3O. The van der Waals surface area contributed by atoms with E-state index in [1.165, 1.54) is 13.8 Å². The van der Waals surface area contributed by atoms with Crippen molar-refractivity contribution in [2.24, 2.45) is 0 Å². The molecule has 2 rings (SSSR count). The summed E-state index contributed by atoms with van der Waals surface area (Å²) in [6, 6.07) is 0.0992. The van der Waals surface area contributed by atoms with Gasteiger partial charge in [0.05, 0.1) is 6.20 Å². The standard InChI is InChI=1S/C11H9F4N3O/c1-11(2,19)7-4-18(17-16-7)10-8(14)5(12)3-6(13)9(10)15/h3-4,19H,1-2H3. The fourth-order valence-electron chi connectivity index (χ4n) is 1.42. The summed E-state index contributed by atoms with van der Waals surface area (Å²) < 4.78 is 53.6. The summed E-state index contributed by atoms with van der Waals surface area (Å²) in [5.41, 5.74) is -2.44. The van der Waals surface area contributed by atoms with Crippen LogP contribution in [0.1, 0.15) is 19.5 Å². The van der Waals surface area contributed by atoms with Crippen LogP contribution in [0, 0.1) is 23.3 Å². The largest absolute Gasteiger partial charge is 0.384 e. The van der Waals surface area contributed by atoms with Crippen molar-refractivity contribution in [3.63, 3.8) is 0 Å². The van der Waals surface area contributed by atoms with E-state index < -0.39 is 34.6 Å². The van der Waals surface area contributed by atoms with Gasteiger partial charge in [-0.25, -0.2) is 22.2 Å². The first kappa shape index (κ1) is 13.5. The fourth-order valence-corrected chi connectivity index (χ4v) is 1.42. The average molecular weight is 275 g/mol. The van der Waals surface area contributed by atoms with Crippen LogP contribution < -0.4 is 0 Å². The Hall–Kier alpha value is -1.96. The molecule has 1 aromatic heterocycles. The van der Waals surface area contributed by atoms with Gasteiger partial charge in [-0.3, -0.25) is 0 Å². The van der Waals surface area contributed by atoms with Crippen molar-refractivity contribution >= 4 is 0 Å². The molecule has 1 N–H and O–H groups in total. The second kappa shape index (κ2) is 4.30. The van der Waals surface area contributed by atoms with Gasteiger partial charge in [0.1, 0.15) is 17.0 Å². The van der Waals surface area contributed by atoms with Gasteiger partial charge in [-0.05, 0) is 13.8 Å². The molecule has 0 bridgehead atoms. The molecule has 1 aromatic carbocycles. The topological polar surface area (TPSA) is 50.9 Å². The molecule has 19 heavy (non-hydrogen) atoms. The first-order valence-corrected chi connectivity index (χ1v) is 5.20. The molecule has 0 aliphatic carbocycles. The monoisotopic (exact) mass is 275 g/mol. The normalized spacial score (nSPS) is 11.9. The van der Waals surface area contributed by atoms with Crippen molar-refractivity contribution < 1.29 is 22.7 Å². The fraction of sp³-hybridized carbons (Fsp3) is 0.273. The predicted octanol–water partition coefficient (Wildman–Crippen LogP) is 2.05. The molecule has 102 valence electrons. The van der Waals surface area contributed by atoms with Gasteiger partial charge in [0.2, 0.25) is 0 Å². The average Bonchev–Trinajstić information content (AvgIpc) is 2.76. The Bertz CT molecular complexity index is 607. The maximum Gasteiger partial charge on any atom is 0.187 e. The predicted molar refractivity (Wildman–Crippen MR) is 56.4 cm³/mol. The molecule has 2 aromatic rings. The quantitative estimate of drug-likeness (QED) is 0.674. The zero-order valence-corrected chi connectivity index (χ0v) is 9.96. The molecule has 0 spiro atoms. The van der Waals surface area contributed by atoms with E-state index in [9.17, 15) is 22.7 Å². The summed E-state index contributed by atoms with van der Waals surface area (Å²) in [4.78, 5) is 0. The zero-order valence-electron chi connectivity index (χ0n) is 9.96. The van der Waals surface area contributed by atoms with Crippen molar-refractivity contribution in [1.82, 2.24) is 15.0 Å². The Balaban J connectivity index is 2.63. The molecule has 0 unspecified atom stereocenters. The summed E-state index contributed by atoms with van der Waals surface area (Å²) in [5, 5.41) is 16.5. The van der Waals surface area contributed by atoms with Crippen LogP contribution in [0.2, 0.25) is 0 Å². The van der Waals surface area contributed by atoms with Gasteiger partial charge >= 0.3 is 0 Å². The van der Waals surface area contributed by atoms with Crippen LogP contribution in [0.25, 0.3) is 5.69 Å². The van der Waals surface area contributed by atoms with E-state index in [0.29, 0.717) is 4.68 Å². The second-order valence-electron chi connectivity index (χ2n) is 4.42. The number of aromatic nitrogens is 3. The van der Waals surface area contributed by atoms with Gasteiger partial charge in [0, 0.05) is 6.07 Å². The highest BCUT2D eigenvalue weighted by Crippen LogP contribution is 2.24. The molecule has 0 saturated carbocycles. The molecule has 0 saturated heterocycles. The number of hydrogen-bond acceptors (Lipinski definition) is 3. The first-order chi connectivity index (χ1) is 8.71. The van der Waals surface area contributed by atoms with Crippen LogP contribution in [0.5, 0.6) is 0 Å². The van der Waals surface area contributed by atoms with Gasteiger partial charge in [-0.1, -0.05) is 5.21 Å². The summed E-state index contributed by atoms with van der Waals surface area (Å²) in [6.45, 7) is 2.75. The lowest BCUT2D eigenvalue weighted by Crippen LogP contribution is -2.15. The Morgan fingerprint density at radius 2 is 1.63 bits per heavy atom. The molecule has 0 fully saturated rings. The van der Waals surface area contributed by atoms with E-state index in [1.807, 2.05) is 0 Å². The van der Waals surface area contributed by atoms with E-state index >= 15 is 0 Å². The number of hydrogen-bond donors (Lipinski definition) is 1. The highest BCUT2D eigenvalue weighted by atomic mass is 19.2. The third kappa shape index (κ3) is 2.30. The van der Waals surface area contributed by atoms with Gasteiger partial charge < -0.3 is 5.11 Å². The molecule has 0 aliphatic heterocycles. The summed E-state index contributed by atoms with van der Waals surface area (Å²) in [5.74, 6) is -6.28.